The summed E-state index contributed by atoms with van der Waals surface area (Å²) in [6.07, 6.45) is 0. The van der Waals surface area contributed by atoms with E-state index in [-0.39, 0.29) is 5.91 Å². The van der Waals surface area contributed by atoms with Gasteiger partial charge in [0.2, 0.25) is 5.91 Å². The molecule has 0 bridgehead atoms. The molecule has 2 N–H and O–H groups in total. The SMILES string of the molecule is CC(=O)N(C)Cc1cccc(C#CCN)c1. The third kappa shape index (κ3) is 3.76. The number of carbonyl (C=O) groups is 1. The molecule has 0 saturated heterocycles. The van der Waals surface area contributed by atoms with Crippen LogP contribution < -0.4 is 5.73 Å². The topological polar surface area (TPSA) is 46.3 Å². The van der Waals surface area contributed by atoms with Gasteiger partial charge in [0.05, 0.1) is 6.54 Å². The lowest BCUT2D eigenvalue weighted by molar-refractivity contribution is -0.128. The fourth-order valence-corrected chi connectivity index (χ4v) is 1.29. The first-order chi connectivity index (χ1) is 7.63. The van der Waals surface area contributed by atoms with Gasteiger partial charge in [-0.1, -0.05) is 24.0 Å². The molecule has 1 aromatic carbocycles. The first-order valence-corrected chi connectivity index (χ1v) is 5.13. The maximum Gasteiger partial charge on any atom is 0.219 e. The number of rotatable bonds is 2. The van der Waals surface area contributed by atoms with Crippen LogP contribution in [0.2, 0.25) is 0 Å². The summed E-state index contributed by atoms with van der Waals surface area (Å²) in [6, 6.07) is 7.82. The van der Waals surface area contributed by atoms with Gasteiger partial charge in [-0.15, -0.1) is 0 Å². The molecule has 0 aromatic heterocycles. The van der Waals surface area contributed by atoms with Crippen molar-refractivity contribution in [2.45, 2.75) is 13.5 Å². The molecule has 0 spiro atoms. The molecule has 0 atom stereocenters. The number of hydrogen-bond donors (Lipinski definition) is 1. The lowest BCUT2D eigenvalue weighted by Crippen LogP contribution is -2.22. The molecule has 1 amide bonds. The molecule has 1 aromatic rings. The summed E-state index contributed by atoms with van der Waals surface area (Å²) < 4.78 is 0. The van der Waals surface area contributed by atoms with Gasteiger partial charge >= 0.3 is 0 Å². The Morgan fingerprint density at radius 3 is 2.88 bits per heavy atom. The molecule has 0 fully saturated rings. The zero-order chi connectivity index (χ0) is 12.0. The molecule has 0 unspecified atom stereocenters. The van der Waals surface area contributed by atoms with E-state index in [9.17, 15) is 4.79 Å². The fraction of sp³-hybridized carbons (Fsp3) is 0.308. The highest BCUT2D eigenvalue weighted by molar-refractivity contribution is 5.72. The van der Waals surface area contributed by atoms with E-state index in [1.165, 1.54) is 0 Å². The standard InChI is InChI=1S/C13H16N2O/c1-11(16)15(2)10-13-6-3-5-12(9-13)7-4-8-14/h3,5-6,9H,8,10,14H2,1-2H3. The molecule has 0 radical (unpaired) electrons. The van der Waals surface area contributed by atoms with E-state index in [2.05, 4.69) is 11.8 Å². The number of carbonyl (C=O) groups excluding carboxylic acids is 1. The van der Waals surface area contributed by atoms with Gasteiger partial charge in [-0.2, -0.15) is 0 Å². The van der Waals surface area contributed by atoms with Gasteiger partial charge < -0.3 is 10.6 Å². The van der Waals surface area contributed by atoms with Crippen LogP contribution in [0.3, 0.4) is 0 Å². The molecule has 0 saturated carbocycles. The van der Waals surface area contributed by atoms with Crippen LogP contribution in [0, 0.1) is 11.8 Å². The molecule has 0 heterocycles. The Bertz CT molecular complexity index is 429. The Labute approximate surface area is 96.2 Å². The third-order valence-electron chi connectivity index (χ3n) is 2.22. The van der Waals surface area contributed by atoms with Crippen molar-refractivity contribution in [2.24, 2.45) is 5.73 Å². The van der Waals surface area contributed by atoms with E-state index < -0.39 is 0 Å². The second kappa shape index (κ2) is 5.94. The Morgan fingerprint density at radius 1 is 1.50 bits per heavy atom. The Kier molecular flexibility index (Phi) is 4.56. The van der Waals surface area contributed by atoms with Crippen LogP contribution in [0.4, 0.5) is 0 Å². The molecular weight excluding hydrogens is 200 g/mol. The lowest BCUT2D eigenvalue weighted by atomic mass is 10.1. The summed E-state index contributed by atoms with van der Waals surface area (Å²) >= 11 is 0. The summed E-state index contributed by atoms with van der Waals surface area (Å²) in [5.74, 6) is 5.83. The van der Waals surface area contributed by atoms with Crippen molar-refractivity contribution >= 4 is 5.91 Å². The summed E-state index contributed by atoms with van der Waals surface area (Å²) in [4.78, 5) is 12.7. The van der Waals surface area contributed by atoms with Crippen LogP contribution in [-0.2, 0) is 11.3 Å². The minimum absolute atomic E-state index is 0.0541. The number of amides is 1. The van der Waals surface area contributed by atoms with Crippen molar-refractivity contribution in [3.63, 3.8) is 0 Å². The second-order valence-electron chi connectivity index (χ2n) is 3.58. The van der Waals surface area contributed by atoms with Crippen molar-refractivity contribution in [1.29, 1.82) is 0 Å². The number of nitrogens with two attached hydrogens (primary N) is 1. The first kappa shape index (κ1) is 12.3. The van der Waals surface area contributed by atoms with Crippen molar-refractivity contribution in [3.05, 3.63) is 35.4 Å². The van der Waals surface area contributed by atoms with E-state index in [1.54, 1.807) is 18.9 Å². The molecule has 84 valence electrons. The Morgan fingerprint density at radius 2 is 2.25 bits per heavy atom. The maximum absolute atomic E-state index is 11.1. The zero-order valence-corrected chi connectivity index (χ0v) is 9.66. The molecule has 0 aliphatic heterocycles. The Hall–Kier alpha value is -1.79. The highest BCUT2D eigenvalue weighted by atomic mass is 16.2. The normalized spacial score (nSPS) is 9.19. The molecular formula is C13H16N2O. The lowest BCUT2D eigenvalue weighted by Gasteiger charge is -2.14. The van der Waals surface area contributed by atoms with Crippen molar-refractivity contribution in [2.75, 3.05) is 13.6 Å². The van der Waals surface area contributed by atoms with Gasteiger partial charge in [-0.25, -0.2) is 0 Å². The van der Waals surface area contributed by atoms with Crippen LogP contribution in [0.5, 0.6) is 0 Å². The number of nitrogens with zero attached hydrogens (tertiary/aromatic N) is 1. The molecule has 3 nitrogen and oxygen atoms in total. The summed E-state index contributed by atoms with van der Waals surface area (Å²) in [6.45, 7) is 2.52. The summed E-state index contributed by atoms with van der Waals surface area (Å²) in [7, 11) is 1.78. The van der Waals surface area contributed by atoms with E-state index in [0.29, 0.717) is 13.1 Å². The predicted octanol–water partition coefficient (Wildman–Crippen LogP) is 0.975. The van der Waals surface area contributed by atoms with Crippen LogP contribution in [0.15, 0.2) is 24.3 Å². The van der Waals surface area contributed by atoms with Crippen molar-refractivity contribution in [3.8, 4) is 11.8 Å². The third-order valence-corrected chi connectivity index (χ3v) is 2.22. The van der Waals surface area contributed by atoms with Gasteiger partial charge in [0.1, 0.15) is 0 Å². The average Bonchev–Trinajstić information content (AvgIpc) is 2.26. The molecule has 3 heteroatoms. The first-order valence-electron chi connectivity index (χ1n) is 5.13. The number of hydrogen-bond acceptors (Lipinski definition) is 2. The van der Waals surface area contributed by atoms with E-state index in [0.717, 1.165) is 11.1 Å². The molecule has 0 aliphatic rings. The largest absolute Gasteiger partial charge is 0.342 e. The quantitative estimate of drug-likeness (QED) is 0.749. The molecule has 16 heavy (non-hydrogen) atoms. The number of benzene rings is 1. The second-order valence-corrected chi connectivity index (χ2v) is 3.58. The van der Waals surface area contributed by atoms with Crippen LogP contribution >= 0.6 is 0 Å². The Balaban J connectivity index is 2.78. The van der Waals surface area contributed by atoms with Gasteiger partial charge in [0.15, 0.2) is 0 Å². The van der Waals surface area contributed by atoms with Gasteiger partial charge in [0, 0.05) is 26.1 Å². The van der Waals surface area contributed by atoms with Gasteiger partial charge in [-0.05, 0) is 17.7 Å². The van der Waals surface area contributed by atoms with Gasteiger partial charge in [0.25, 0.3) is 0 Å². The van der Waals surface area contributed by atoms with Crippen LogP contribution in [0.25, 0.3) is 0 Å². The van der Waals surface area contributed by atoms with E-state index in [1.807, 2.05) is 24.3 Å². The fourth-order valence-electron chi connectivity index (χ4n) is 1.29. The smallest absolute Gasteiger partial charge is 0.219 e. The molecule has 1 rings (SSSR count). The predicted molar refractivity (Wildman–Crippen MR) is 64.5 cm³/mol. The maximum atomic E-state index is 11.1. The van der Waals surface area contributed by atoms with Crippen molar-refractivity contribution in [1.82, 2.24) is 4.90 Å². The van der Waals surface area contributed by atoms with E-state index in [4.69, 9.17) is 5.73 Å². The van der Waals surface area contributed by atoms with Crippen molar-refractivity contribution < 1.29 is 4.79 Å². The minimum atomic E-state index is 0.0541. The summed E-state index contributed by atoms with van der Waals surface area (Å²) in [5.41, 5.74) is 7.31. The van der Waals surface area contributed by atoms with Crippen LogP contribution in [-0.4, -0.2) is 24.4 Å². The monoisotopic (exact) mass is 216 g/mol. The highest BCUT2D eigenvalue weighted by Gasteiger charge is 2.02. The van der Waals surface area contributed by atoms with E-state index >= 15 is 0 Å². The van der Waals surface area contributed by atoms with Gasteiger partial charge in [-0.3, -0.25) is 4.79 Å². The van der Waals surface area contributed by atoms with Crippen LogP contribution in [0.1, 0.15) is 18.1 Å². The zero-order valence-electron chi connectivity index (χ0n) is 9.66. The molecule has 0 aliphatic carbocycles. The minimum Gasteiger partial charge on any atom is -0.342 e. The summed E-state index contributed by atoms with van der Waals surface area (Å²) in [5, 5.41) is 0. The average molecular weight is 216 g/mol. The highest BCUT2D eigenvalue weighted by Crippen LogP contribution is 2.06.